The van der Waals surface area contributed by atoms with Gasteiger partial charge in [0.25, 0.3) is 5.56 Å². The summed E-state index contributed by atoms with van der Waals surface area (Å²) in [5.41, 5.74) is -0.588. The third-order valence-corrected chi connectivity index (χ3v) is 3.20. The van der Waals surface area contributed by atoms with Gasteiger partial charge in [-0.3, -0.25) is 13.9 Å². The van der Waals surface area contributed by atoms with Gasteiger partial charge < -0.3 is 10.2 Å². The quantitative estimate of drug-likeness (QED) is 0.690. The fraction of sp³-hybridized carbons (Fsp3) is 0.455. The van der Waals surface area contributed by atoms with E-state index in [9.17, 15) is 9.59 Å². The van der Waals surface area contributed by atoms with Crippen LogP contribution in [0.5, 0.6) is 0 Å². The van der Waals surface area contributed by atoms with E-state index in [1.807, 2.05) is 0 Å². The molecule has 0 unspecified atom stereocenters. The van der Waals surface area contributed by atoms with E-state index >= 15 is 0 Å². The van der Waals surface area contributed by atoms with Crippen LogP contribution in [0.1, 0.15) is 6.42 Å². The molecule has 1 aliphatic carbocycles. The first-order valence-electron chi connectivity index (χ1n) is 5.25. The zero-order valence-electron chi connectivity index (χ0n) is 9.46. The van der Waals surface area contributed by atoms with Crippen LogP contribution in [-0.4, -0.2) is 32.6 Å². The molecule has 1 saturated carbocycles. The second kappa shape index (κ2) is 3.97. The number of hydrogen-bond donors (Lipinski definition) is 2. The second-order valence-electron chi connectivity index (χ2n) is 4.33. The molecule has 0 bridgehead atoms. The van der Waals surface area contributed by atoms with Crippen LogP contribution >= 0.6 is 0 Å². The van der Waals surface area contributed by atoms with Crippen LogP contribution in [0.25, 0.3) is 6.20 Å². The average Bonchev–Trinajstić information content (AvgIpc) is 3.04. The van der Waals surface area contributed by atoms with E-state index in [1.54, 1.807) is 6.20 Å². The van der Waals surface area contributed by atoms with Crippen molar-refractivity contribution in [2.75, 3.05) is 13.2 Å². The van der Waals surface area contributed by atoms with Crippen molar-refractivity contribution >= 4 is 6.20 Å². The Morgan fingerprint density at radius 2 is 2.06 bits per heavy atom. The minimum Gasteiger partial charge on any atom is -0.395 e. The molecule has 0 amide bonds. The molecule has 1 aromatic rings. The van der Waals surface area contributed by atoms with Gasteiger partial charge in [-0.25, -0.2) is 4.79 Å². The van der Waals surface area contributed by atoms with E-state index < -0.39 is 11.1 Å². The highest BCUT2D eigenvalue weighted by molar-refractivity contribution is 5.47. The highest BCUT2D eigenvalue weighted by Crippen LogP contribution is 2.51. The molecule has 0 aromatic carbocycles. The Morgan fingerprint density at radius 1 is 1.41 bits per heavy atom. The molecule has 6 nitrogen and oxygen atoms in total. The molecule has 1 heterocycles. The largest absolute Gasteiger partial charge is 0.395 e. The second-order valence-corrected chi connectivity index (χ2v) is 4.33. The number of aromatic nitrogens is 2. The molecule has 0 aliphatic heterocycles. The molecule has 1 aromatic heterocycles. The van der Waals surface area contributed by atoms with Crippen LogP contribution in [0.2, 0.25) is 0 Å². The van der Waals surface area contributed by atoms with E-state index in [0.29, 0.717) is 6.42 Å². The Bertz CT molecular complexity index is 578. The summed E-state index contributed by atoms with van der Waals surface area (Å²) in [6, 6.07) is 1.29. The van der Waals surface area contributed by atoms with E-state index in [0.717, 1.165) is 10.1 Å². The summed E-state index contributed by atoms with van der Waals surface area (Å²) in [4.78, 5) is 22.9. The van der Waals surface area contributed by atoms with Crippen molar-refractivity contribution in [2.24, 2.45) is 12.5 Å². The van der Waals surface area contributed by atoms with Gasteiger partial charge in [0.2, 0.25) is 0 Å². The lowest BCUT2D eigenvalue weighted by molar-refractivity contribution is 0.143. The molecule has 17 heavy (non-hydrogen) atoms. The van der Waals surface area contributed by atoms with E-state index in [1.165, 1.54) is 23.9 Å². The minimum absolute atomic E-state index is 0.143. The molecule has 0 spiro atoms. The smallest absolute Gasteiger partial charge is 0.334 e. The molecular weight excluding hydrogens is 224 g/mol. The highest BCUT2D eigenvalue weighted by atomic mass is 16.3. The molecular formula is C11H14N2O4. The molecule has 0 atom stereocenters. The predicted molar refractivity (Wildman–Crippen MR) is 61.4 cm³/mol. The van der Waals surface area contributed by atoms with Crippen molar-refractivity contribution in [3.8, 4) is 0 Å². The number of rotatable bonds is 3. The van der Waals surface area contributed by atoms with Crippen molar-refractivity contribution < 1.29 is 10.2 Å². The Kier molecular flexibility index (Phi) is 2.76. The average molecular weight is 238 g/mol. The summed E-state index contributed by atoms with van der Waals surface area (Å²) in [6.45, 7) is -0.286. The van der Waals surface area contributed by atoms with Gasteiger partial charge in [0.05, 0.1) is 13.2 Å². The molecule has 2 N–H and O–H groups in total. The summed E-state index contributed by atoms with van der Waals surface area (Å²) < 4.78 is 2.28. The lowest BCUT2D eigenvalue weighted by Gasteiger charge is -2.05. The van der Waals surface area contributed by atoms with Gasteiger partial charge in [-0.2, -0.15) is 0 Å². The van der Waals surface area contributed by atoms with Crippen molar-refractivity contribution in [1.82, 2.24) is 9.13 Å². The Labute approximate surface area is 97.1 Å². The number of hydrogen-bond acceptors (Lipinski definition) is 4. The van der Waals surface area contributed by atoms with Crippen LogP contribution in [0.4, 0.5) is 0 Å². The van der Waals surface area contributed by atoms with Crippen LogP contribution in [-0.2, 0) is 7.05 Å². The van der Waals surface area contributed by atoms with Crippen molar-refractivity contribution in [3.05, 3.63) is 38.7 Å². The summed E-state index contributed by atoms with van der Waals surface area (Å²) in [6.07, 6.45) is 3.51. The third kappa shape index (κ3) is 1.85. The Hall–Kier alpha value is -1.66. The third-order valence-electron chi connectivity index (χ3n) is 3.20. The predicted octanol–water partition coefficient (Wildman–Crippen LogP) is -1.24. The van der Waals surface area contributed by atoms with Crippen molar-refractivity contribution in [2.45, 2.75) is 6.42 Å². The number of nitrogens with zero attached hydrogens (tertiary/aromatic N) is 2. The van der Waals surface area contributed by atoms with E-state index in [4.69, 9.17) is 10.2 Å². The Balaban J connectivity index is 2.40. The van der Waals surface area contributed by atoms with Gasteiger partial charge in [-0.15, -0.1) is 0 Å². The fourth-order valence-electron chi connectivity index (χ4n) is 1.72. The van der Waals surface area contributed by atoms with Gasteiger partial charge in [-0.1, -0.05) is 0 Å². The minimum atomic E-state index is -0.589. The first-order valence-corrected chi connectivity index (χ1v) is 5.25. The molecule has 92 valence electrons. The summed E-state index contributed by atoms with van der Waals surface area (Å²) in [7, 11) is 1.40. The first-order chi connectivity index (χ1) is 8.04. The lowest BCUT2D eigenvalue weighted by Crippen LogP contribution is -2.35. The molecule has 0 radical (unpaired) electrons. The van der Waals surface area contributed by atoms with Crippen LogP contribution in [0.3, 0.4) is 0 Å². The van der Waals surface area contributed by atoms with Gasteiger partial charge in [-0.05, 0) is 12.0 Å². The van der Waals surface area contributed by atoms with E-state index in [2.05, 4.69) is 0 Å². The van der Waals surface area contributed by atoms with Crippen molar-refractivity contribution in [1.29, 1.82) is 0 Å². The number of aliphatic hydroxyl groups is 2. The van der Waals surface area contributed by atoms with E-state index in [-0.39, 0.29) is 18.8 Å². The lowest BCUT2D eigenvalue weighted by atomic mass is 10.1. The summed E-state index contributed by atoms with van der Waals surface area (Å²) in [5, 5.41) is 18.3. The summed E-state index contributed by atoms with van der Waals surface area (Å²) in [5.74, 6) is 0. The molecule has 1 fully saturated rings. The SMILES string of the molecule is Cn1c(=O)ccn(/C=C2/CC2(CO)CO)c1=O. The highest BCUT2D eigenvalue weighted by Gasteiger charge is 2.48. The first kappa shape index (κ1) is 11.8. The van der Waals surface area contributed by atoms with Gasteiger partial charge in [0.1, 0.15) is 0 Å². The molecule has 2 rings (SSSR count). The monoisotopic (exact) mass is 238 g/mol. The maximum atomic E-state index is 11.7. The molecule has 6 heteroatoms. The van der Waals surface area contributed by atoms with Crippen LogP contribution < -0.4 is 11.2 Å². The Morgan fingerprint density at radius 3 is 2.59 bits per heavy atom. The van der Waals surface area contributed by atoms with Gasteiger partial charge >= 0.3 is 5.69 Å². The van der Waals surface area contributed by atoms with Crippen LogP contribution in [0, 0.1) is 5.41 Å². The van der Waals surface area contributed by atoms with Gasteiger partial charge in [0, 0.05) is 30.9 Å². The fourth-order valence-corrected chi connectivity index (χ4v) is 1.72. The standard InChI is InChI=1S/C11H14N2O4/c1-12-9(16)2-3-13(10(12)17)5-8-4-11(8,6-14)7-15/h2-3,5,14-15H,4,6-7H2,1H3/b8-5-. The van der Waals surface area contributed by atoms with Crippen LogP contribution in [0.15, 0.2) is 27.4 Å². The van der Waals surface area contributed by atoms with Crippen molar-refractivity contribution in [3.63, 3.8) is 0 Å². The van der Waals surface area contributed by atoms with Gasteiger partial charge in [0.15, 0.2) is 0 Å². The maximum absolute atomic E-state index is 11.7. The molecule has 1 aliphatic rings. The molecule has 0 saturated heterocycles. The zero-order valence-corrected chi connectivity index (χ0v) is 9.46. The zero-order chi connectivity index (χ0) is 12.6. The maximum Gasteiger partial charge on any atom is 0.334 e. The number of aliphatic hydroxyl groups excluding tert-OH is 2. The summed E-state index contributed by atoms with van der Waals surface area (Å²) >= 11 is 0. The topological polar surface area (TPSA) is 84.5 Å². The normalized spacial score (nSPS) is 19.6.